The van der Waals surface area contributed by atoms with Crippen molar-refractivity contribution in [2.45, 2.75) is 33.1 Å². The minimum Gasteiger partial charge on any atom is -0.299 e. The predicted molar refractivity (Wildman–Crippen MR) is 58.2 cm³/mol. The highest BCUT2D eigenvalue weighted by molar-refractivity contribution is 7.82. The molecule has 84 valence electrons. The third kappa shape index (κ3) is 0.772. The summed E-state index contributed by atoms with van der Waals surface area (Å²) < 4.78 is 11.2. The Balaban J connectivity index is 2.01. The molecular weight excluding hydrogens is 210 g/mol. The van der Waals surface area contributed by atoms with Crippen LogP contribution in [-0.4, -0.2) is 15.7 Å². The zero-order valence-electron chi connectivity index (χ0n) is 9.21. The van der Waals surface area contributed by atoms with Gasteiger partial charge in [0.2, 0.25) is 0 Å². The van der Waals surface area contributed by atoms with Gasteiger partial charge in [-0.15, -0.1) is 0 Å². The summed E-state index contributed by atoms with van der Waals surface area (Å²) in [4.78, 5) is 11.9. The molecule has 4 atom stereocenters. The average molecular weight is 227 g/mol. The normalized spacial score (nSPS) is 51.7. The molecule has 0 heterocycles. The minimum absolute atomic E-state index is 0.173. The molecule has 1 spiro atoms. The van der Waals surface area contributed by atoms with Gasteiger partial charge < -0.3 is 0 Å². The molecule has 3 aliphatic rings. The van der Waals surface area contributed by atoms with Gasteiger partial charge >= 0.3 is 0 Å². The monoisotopic (exact) mass is 227 g/mol. The lowest BCUT2D eigenvalue weighted by atomic mass is 9.54. The fraction of sp³-hybridized carbons (Fsp3) is 0.909. The molecule has 2 N–H and O–H groups in total. The number of nitrogens with two attached hydrogens (primary N) is 1. The lowest BCUT2D eigenvalue weighted by molar-refractivity contribution is -0.148. The van der Waals surface area contributed by atoms with E-state index in [1.54, 1.807) is 0 Å². The van der Waals surface area contributed by atoms with Crippen molar-refractivity contribution < 1.29 is 9.00 Å². The largest absolute Gasteiger partial charge is 0.299 e. The maximum absolute atomic E-state index is 11.9. The van der Waals surface area contributed by atoms with E-state index in [0.717, 1.165) is 12.8 Å². The van der Waals surface area contributed by atoms with Crippen molar-refractivity contribution in [3.05, 3.63) is 0 Å². The second-order valence-electron chi connectivity index (χ2n) is 5.99. The van der Waals surface area contributed by atoms with Crippen LogP contribution in [0.5, 0.6) is 0 Å². The van der Waals surface area contributed by atoms with Gasteiger partial charge in [-0.1, -0.05) is 13.8 Å². The van der Waals surface area contributed by atoms with E-state index in [-0.39, 0.29) is 16.2 Å². The van der Waals surface area contributed by atoms with Crippen LogP contribution in [0.1, 0.15) is 33.1 Å². The second kappa shape index (κ2) is 2.38. The molecule has 3 aliphatic carbocycles. The molecular formula is C11H17NO2S. The molecule has 15 heavy (non-hydrogen) atoms. The van der Waals surface area contributed by atoms with Crippen LogP contribution >= 0.6 is 0 Å². The van der Waals surface area contributed by atoms with Gasteiger partial charge in [-0.2, -0.15) is 0 Å². The molecule has 3 saturated carbocycles. The van der Waals surface area contributed by atoms with Gasteiger partial charge in [0, 0.05) is 11.8 Å². The molecule has 0 aromatic rings. The van der Waals surface area contributed by atoms with Crippen LogP contribution in [-0.2, 0) is 15.8 Å². The van der Waals surface area contributed by atoms with Crippen LogP contribution in [0.3, 0.4) is 0 Å². The number of rotatable bonds is 2. The highest BCUT2D eigenvalue weighted by Gasteiger charge is 2.88. The maximum Gasteiger partial charge on any atom is 0.141 e. The summed E-state index contributed by atoms with van der Waals surface area (Å²) in [5.74, 6) is 1.38. The number of ketones is 1. The van der Waals surface area contributed by atoms with Gasteiger partial charge in [-0.3, -0.25) is 9.93 Å². The van der Waals surface area contributed by atoms with Crippen molar-refractivity contribution in [1.29, 1.82) is 0 Å². The van der Waals surface area contributed by atoms with E-state index in [4.69, 9.17) is 5.14 Å². The third-order valence-corrected chi connectivity index (χ3v) is 6.39. The van der Waals surface area contributed by atoms with Crippen molar-refractivity contribution >= 4 is 16.8 Å². The van der Waals surface area contributed by atoms with E-state index in [2.05, 4.69) is 13.8 Å². The first kappa shape index (κ1) is 9.97. The zero-order chi connectivity index (χ0) is 11.1. The zero-order valence-corrected chi connectivity index (χ0v) is 10.0. The molecule has 0 amide bonds. The predicted octanol–water partition coefficient (Wildman–Crippen LogP) is 1.00. The lowest BCUT2D eigenvalue weighted by Crippen LogP contribution is -2.56. The topological polar surface area (TPSA) is 60.2 Å². The summed E-state index contributed by atoms with van der Waals surface area (Å²) >= 11 is 0. The van der Waals surface area contributed by atoms with Crippen LogP contribution in [0.25, 0.3) is 0 Å². The summed E-state index contributed by atoms with van der Waals surface area (Å²) in [5.41, 5.74) is 0.144. The first-order valence-electron chi connectivity index (χ1n) is 5.54. The van der Waals surface area contributed by atoms with E-state index >= 15 is 0 Å². The Labute approximate surface area is 92.4 Å². The molecule has 0 aromatic heterocycles. The fourth-order valence-electron chi connectivity index (χ4n) is 4.89. The Morgan fingerprint density at radius 1 is 1.53 bits per heavy atom. The summed E-state index contributed by atoms with van der Waals surface area (Å²) in [6, 6.07) is 0. The second-order valence-corrected chi connectivity index (χ2v) is 7.04. The van der Waals surface area contributed by atoms with E-state index in [9.17, 15) is 9.00 Å². The Hall–Kier alpha value is -0.220. The highest BCUT2D eigenvalue weighted by Crippen LogP contribution is 2.89. The number of Topliss-reactive ketones (excluding diaryl/α,β-unsaturated/α-hetero) is 1. The van der Waals surface area contributed by atoms with Crippen molar-refractivity contribution in [2.24, 2.45) is 27.3 Å². The fourth-order valence-corrected chi connectivity index (χ4v) is 5.93. The Kier molecular flexibility index (Phi) is 1.58. The molecule has 0 radical (unpaired) electrons. The molecule has 4 unspecified atom stereocenters. The Morgan fingerprint density at radius 2 is 2.20 bits per heavy atom. The number of hydrogen-bond donors (Lipinski definition) is 1. The van der Waals surface area contributed by atoms with E-state index < -0.39 is 11.0 Å². The van der Waals surface area contributed by atoms with Gasteiger partial charge in [0.05, 0.1) is 16.7 Å². The van der Waals surface area contributed by atoms with Crippen LogP contribution in [0.4, 0.5) is 0 Å². The number of carbonyl (C=O) groups excluding carboxylic acids is 1. The molecule has 3 rings (SSSR count). The van der Waals surface area contributed by atoms with Crippen LogP contribution in [0.2, 0.25) is 0 Å². The molecule has 0 aromatic carbocycles. The average Bonchev–Trinajstić information content (AvgIpc) is 2.48. The minimum atomic E-state index is -1.34. The third-order valence-electron chi connectivity index (χ3n) is 5.61. The Morgan fingerprint density at radius 3 is 2.67 bits per heavy atom. The number of hydrogen-bond acceptors (Lipinski definition) is 2. The van der Waals surface area contributed by atoms with Gasteiger partial charge in [0.1, 0.15) is 5.78 Å². The standard InChI is InChI=1S/C11H17NO2S/c1-9(2)7-3-4-10(6-15(12)14)8(13)5-11(7,9)10/h7H,3-6,12H2,1-2H3. The summed E-state index contributed by atoms with van der Waals surface area (Å²) in [6.07, 6.45) is 2.75. The van der Waals surface area contributed by atoms with E-state index in [1.807, 2.05) is 0 Å². The van der Waals surface area contributed by atoms with Crippen LogP contribution < -0.4 is 5.14 Å². The molecule has 0 bridgehead atoms. The highest BCUT2D eigenvalue weighted by atomic mass is 32.2. The molecule has 0 aliphatic heterocycles. The maximum atomic E-state index is 11.9. The summed E-state index contributed by atoms with van der Waals surface area (Å²) in [5, 5.41) is 5.40. The Bertz CT molecular complexity index is 392. The smallest absolute Gasteiger partial charge is 0.141 e. The first-order valence-corrected chi connectivity index (χ1v) is 6.93. The van der Waals surface area contributed by atoms with Crippen molar-refractivity contribution in [1.82, 2.24) is 0 Å². The van der Waals surface area contributed by atoms with Gasteiger partial charge in [-0.25, -0.2) is 4.21 Å². The SMILES string of the molecule is CC1(C)C2CCC3(CS(N)=O)C(=O)CC231. The van der Waals surface area contributed by atoms with Gasteiger partial charge in [0.15, 0.2) is 0 Å². The van der Waals surface area contributed by atoms with Crippen molar-refractivity contribution in [3.8, 4) is 0 Å². The summed E-state index contributed by atoms with van der Waals surface area (Å²) in [7, 11) is -1.34. The van der Waals surface area contributed by atoms with Crippen molar-refractivity contribution in [2.75, 3.05) is 5.75 Å². The molecule has 3 nitrogen and oxygen atoms in total. The molecule has 3 fully saturated rings. The molecule has 0 saturated heterocycles. The molecule has 4 heteroatoms. The van der Waals surface area contributed by atoms with Crippen LogP contribution in [0, 0.1) is 22.2 Å². The quantitative estimate of drug-likeness (QED) is 0.765. The van der Waals surface area contributed by atoms with Crippen molar-refractivity contribution in [3.63, 3.8) is 0 Å². The van der Waals surface area contributed by atoms with E-state index in [1.165, 1.54) is 0 Å². The van der Waals surface area contributed by atoms with Gasteiger partial charge in [-0.05, 0) is 29.6 Å². The summed E-state index contributed by atoms with van der Waals surface area (Å²) in [6.45, 7) is 4.49. The van der Waals surface area contributed by atoms with Crippen LogP contribution in [0.15, 0.2) is 0 Å². The first-order chi connectivity index (χ1) is 6.88. The van der Waals surface area contributed by atoms with Gasteiger partial charge in [0.25, 0.3) is 0 Å². The van der Waals surface area contributed by atoms with E-state index in [0.29, 0.717) is 23.9 Å². The number of carbonyl (C=O) groups is 1. The lowest BCUT2D eigenvalue weighted by Gasteiger charge is -2.48.